The summed E-state index contributed by atoms with van der Waals surface area (Å²) < 4.78 is 1.68. The number of anilines is 2. The fraction of sp³-hybridized carbons (Fsp3) is 0.353. The van der Waals surface area contributed by atoms with Crippen LogP contribution in [0.3, 0.4) is 0 Å². The molecule has 0 atom stereocenters. The van der Waals surface area contributed by atoms with Crippen molar-refractivity contribution in [3.05, 3.63) is 39.4 Å². The molecule has 0 saturated carbocycles. The molecule has 0 unspecified atom stereocenters. The van der Waals surface area contributed by atoms with E-state index in [0.717, 1.165) is 6.42 Å². The van der Waals surface area contributed by atoms with E-state index in [1.54, 1.807) is 27.7 Å². The topological polar surface area (TPSA) is 103 Å². The smallest absolute Gasteiger partial charge is 0.262 e. The van der Waals surface area contributed by atoms with Gasteiger partial charge in [0.15, 0.2) is 5.16 Å². The Morgan fingerprint density at radius 3 is 2.70 bits per heavy atom. The molecule has 8 nitrogen and oxygen atoms in total. The van der Waals surface area contributed by atoms with Gasteiger partial charge in [-0.3, -0.25) is 9.36 Å². The number of nitrogen functional groups attached to an aromatic ring is 1. The zero-order valence-electron chi connectivity index (χ0n) is 15.3. The van der Waals surface area contributed by atoms with Crippen LogP contribution in [0.5, 0.6) is 0 Å². The molecule has 0 aliphatic carbocycles. The van der Waals surface area contributed by atoms with Crippen LogP contribution in [0, 0.1) is 0 Å². The van der Waals surface area contributed by atoms with Crippen molar-refractivity contribution in [3.63, 3.8) is 0 Å². The van der Waals surface area contributed by atoms with Gasteiger partial charge in [0.2, 0.25) is 11.9 Å². The summed E-state index contributed by atoms with van der Waals surface area (Å²) in [5.41, 5.74) is 6.27. The van der Waals surface area contributed by atoms with E-state index in [0.29, 0.717) is 45.2 Å². The molecule has 27 heavy (non-hydrogen) atoms. The SMILES string of the molecule is CCCn1c(SCc2nc(N)nc(N(C)C)n2)nc2cc(Cl)ccc2c1=O. The number of thioether (sulfide) groups is 1. The molecule has 142 valence electrons. The standard InChI is InChI=1S/C17H20ClN7OS/c1-4-7-25-14(26)11-6-5-10(18)8-12(11)20-17(25)27-9-13-21-15(19)23-16(22-13)24(2)3/h5-6,8H,4,7,9H2,1-3H3,(H2,19,21,22,23). The lowest BCUT2D eigenvalue weighted by Gasteiger charge is -2.13. The Balaban J connectivity index is 1.99. The number of fused-ring (bicyclic) bond motifs is 1. The van der Waals surface area contributed by atoms with Crippen LogP contribution in [0.1, 0.15) is 19.2 Å². The van der Waals surface area contributed by atoms with Gasteiger partial charge in [-0.25, -0.2) is 4.98 Å². The first-order chi connectivity index (χ1) is 12.9. The minimum atomic E-state index is -0.0786. The number of nitrogens with zero attached hydrogens (tertiary/aromatic N) is 6. The van der Waals surface area contributed by atoms with Gasteiger partial charge in [-0.15, -0.1) is 0 Å². The second-order valence-corrected chi connectivity index (χ2v) is 7.48. The van der Waals surface area contributed by atoms with Gasteiger partial charge in [0.05, 0.1) is 16.7 Å². The summed E-state index contributed by atoms with van der Waals surface area (Å²) in [6.07, 6.45) is 0.817. The molecule has 0 bridgehead atoms. The highest BCUT2D eigenvalue weighted by molar-refractivity contribution is 7.98. The molecular formula is C17H20ClN7OS. The molecule has 0 amide bonds. The van der Waals surface area contributed by atoms with Gasteiger partial charge in [-0.2, -0.15) is 15.0 Å². The first-order valence-electron chi connectivity index (χ1n) is 8.39. The molecule has 0 spiro atoms. The van der Waals surface area contributed by atoms with Gasteiger partial charge in [0, 0.05) is 25.7 Å². The lowest BCUT2D eigenvalue weighted by Crippen LogP contribution is -2.23. The number of benzene rings is 1. The van der Waals surface area contributed by atoms with Crippen LogP contribution < -0.4 is 16.2 Å². The number of halogens is 1. The van der Waals surface area contributed by atoms with Gasteiger partial charge in [-0.05, 0) is 24.6 Å². The minimum absolute atomic E-state index is 0.0786. The Bertz CT molecular complexity index is 1040. The van der Waals surface area contributed by atoms with Crippen LogP contribution in [0.2, 0.25) is 5.02 Å². The van der Waals surface area contributed by atoms with E-state index < -0.39 is 0 Å². The van der Waals surface area contributed by atoms with Crippen LogP contribution in [0.4, 0.5) is 11.9 Å². The van der Waals surface area contributed by atoms with E-state index in [-0.39, 0.29) is 11.5 Å². The minimum Gasteiger partial charge on any atom is -0.368 e. The number of rotatable bonds is 6. The molecule has 0 fully saturated rings. The van der Waals surface area contributed by atoms with E-state index in [1.807, 2.05) is 21.0 Å². The van der Waals surface area contributed by atoms with Gasteiger partial charge in [-0.1, -0.05) is 30.3 Å². The molecule has 2 aromatic heterocycles. The molecule has 2 heterocycles. The molecule has 0 aliphatic heterocycles. The largest absolute Gasteiger partial charge is 0.368 e. The third-order valence-corrected chi connectivity index (χ3v) is 4.95. The predicted molar refractivity (Wildman–Crippen MR) is 109 cm³/mol. The first kappa shape index (κ1) is 19.4. The van der Waals surface area contributed by atoms with Crippen molar-refractivity contribution in [3.8, 4) is 0 Å². The number of aromatic nitrogens is 5. The molecule has 2 N–H and O–H groups in total. The normalized spacial score (nSPS) is 11.1. The highest BCUT2D eigenvalue weighted by Crippen LogP contribution is 2.23. The van der Waals surface area contributed by atoms with Crippen molar-refractivity contribution < 1.29 is 0 Å². The van der Waals surface area contributed by atoms with Gasteiger partial charge in [0.25, 0.3) is 5.56 Å². The molecule has 3 aromatic rings. The van der Waals surface area contributed by atoms with Crippen molar-refractivity contribution in [2.75, 3.05) is 24.7 Å². The van der Waals surface area contributed by atoms with Crippen molar-refractivity contribution in [1.29, 1.82) is 0 Å². The zero-order chi connectivity index (χ0) is 19.6. The van der Waals surface area contributed by atoms with Crippen molar-refractivity contribution in [2.24, 2.45) is 0 Å². The van der Waals surface area contributed by atoms with Gasteiger partial charge in [0.1, 0.15) is 5.82 Å². The fourth-order valence-electron chi connectivity index (χ4n) is 2.52. The molecular weight excluding hydrogens is 386 g/mol. The third-order valence-electron chi connectivity index (χ3n) is 3.75. The van der Waals surface area contributed by atoms with Crippen LogP contribution in [-0.4, -0.2) is 38.6 Å². The molecule has 0 radical (unpaired) electrons. The summed E-state index contributed by atoms with van der Waals surface area (Å²) in [4.78, 5) is 31.9. The van der Waals surface area contributed by atoms with E-state index in [2.05, 4.69) is 19.9 Å². The van der Waals surface area contributed by atoms with E-state index in [9.17, 15) is 4.79 Å². The van der Waals surface area contributed by atoms with Crippen molar-refractivity contribution in [1.82, 2.24) is 24.5 Å². The van der Waals surface area contributed by atoms with E-state index >= 15 is 0 Å². The maximum Gasteiger partial charge on any atom is 0.262 e. The van der Waals surface area contributed by atoms with Crippen molar-refractivity contribution in [2.45, 2.75) is 30.8 Å². The maximum atomic E-state index is 12.9. The monoisotopic (exact) mass is 405 g/mol. The highest BCUT2D eigenvalue weighted by Gasteiger charge is 2.13. The lowest BCUT2D eigenvalue weighted by molar-refractivity contribution is 0.584. The van der Waals surface area contributed by atoms with Crippen LogP contribution in [-0.2, 0) is 12.3 Å². The predicted octanol–water partition coefficient (Wildman–Crippen LogP) is 2.59. The Kier molecular flexibility index (Phi) is 5.81. The Labute approximate surface area is 165 Å². The molecule has 0 saturated heterocycles. The summed E-state index contributed by atoms with van der Waals surface area (Å²) in [6.45, 7) is 2.60. The second kappa shape index (κ2) is 8.10. The number of hydrogen-bond acceptors (Lipinski definition) is 8. The summed E-state index contributed by atoms with van der Waals surface area (Å²) in [5, 5.41) is 1.69. The van der Waals surface area contributed by atoms with Crippen LogP contribution in [0.25, 0.3) is 10.9 Å². The highest BCUT2D eigenvalue weighted by atomic mass is 35.5. The number of hydrogen-bond donors (Lipinski definition) is 1. The Hall–Kier alpha value is -2.39. The van der Waals surface area contributed by atoms with Crippen LogP contribution in [0.15, 0.2) is 28.2 Å². The van der Waals surface area contributed by atoms with Gasteiger partial charge < -0.3 is 10.6 Å². The van der Waals surface area contributed by atoms with Crippen molar-refractivity contribution >= 4 is 46.2 Å². The summed E-state index contributed by atoms with van der Waals surface area (Å²) in [6, 6.07) is 5.11. The summed E-state index contributed by atoms with van der Waals surface area (Å²) in [5.74, 6) is 1.59. The quantitative estimate of drug-likeness (QED) is 0.493. The first-order valence-corrected chi connectivity index (χ1v) is 9.76. The molecule has 10 heteroatoms. The second-order valence-electron chi connectivity index (χ2n) is 6.11. The fourth-order valence-corrected chi connectivity index (χ4v) is 3.57. The Morgan fingerprint density at radius 2 is 2.00 bits per heavy atom. The maximum absolute atomic E-state index is 12.9. The number of nitrogens with two attached hydrogens (primary N) is 1. The third kappa shape index (κ3) is 4.30. The lowest BCUT2D eigenvalue weighted by atomic mass is 10.2. The average Bonchev–Trinajstić information content (AvgIpc) is 2.62. The molecule has 3 rings (SSSR count). The summed E-state index contributed by atoms with van der Waals surface area (Å²) in [7, 11) is 3.67. The van der Waals surface area contributed by atoms with E-state index in [4.69, 9.17) is 17.3 Å². The summed E-state index contributed by atoms with van der Waals surface area (Å²) >= 11 is 7.45. The zero-order valence-corrected chi connectivity index (χ0v) is 16.9. The van der Waals surface area contributed by atoms with E-state index in [1.165, 1.54) is 11.8 Å². The van der Waals surface area contributed by atoms with Gasteiger partial charge >= 0.3 is 0 Å². The van der Waals surface area contributed by atoms with Crippen LogP contribution >= 0.6 is 23.4 Å². The molecule has 0 aliphatic rings. The Morgan fingerprint density at radius 1 is 1.22 bits per heavy atom. The average molecular weight is 406 g/mol. The molecule has 1 aromatic carbocycles.